The van der Waals surface area contributed by atoms with Gasteiger partial charge in [0.15, 0.2) is 0 Å². The van der Waals surface area contributed by atoms with Crippen molar-refractivity contribution in [1.29, 1.82) is 0 Å². The van der Waals surface area contributed by atoms with Crippen LogP contribution in [0, 0.1) is 11.8 Å². The van der Waals surface area contributed by atoms with Crippen LogP contribution in [0.2, 0.25) is 0 Å². The molecule has 0 aromatic heterocycles. The van der Waals surface area contributed by atoms with Gasteiger partial charge in [0.1, 0.15) is 6.10 Å². The molecule has 5 nitrogen and oxygen atoms in total. The Bertz CT molecular complexity index is 370. The number of hydrogen-bond acceptors (Lipinski definition) is 4. The SMILES string of the molecule is C[C@H]1C(=O)O[C@H]2CCCN3C(=O)C[C@H](O)[C@@H]3[C@@H]21. The first-order chi connectivity index (χ1) is 8.09. The number of hydrogen-bond donors (Lipinski definition) is 1. The highest BCUT2D eigenvalue weighted by Gasteiger charge is 2.54. The van der Waals surface area contributed by atoms with E-state index in [0.717, 1.165) is 12.8 Å². The van der Waals surface area contributed by atoms with Crippen LogP contribution in [-0.2, 0) is 14.3 Å². The molecule has 3 rings (SSSR count). The van der Waals surface area contributed by atoms with Gasteiger partial charge >= 0.3 is 5.97 Å². The van der Waals surface area contributed by atoms with Crippen LogP contribution < -0.4 is 0 Å². The first-order valence-electron chi connectivity index (χ1n) is 6.27. The molecule has 0 spiro atoms. The van der Waals surface area contributed by atoms with Gasteiger partial charge in [-0.05, 0) is 12.8 Å². The highest BCUT2D eigenvalue weighted by molar-refractivity contribution is 5.81. The number of carbonyl (C=O) groups excluding carboxylic acids is 2. The summed E-state index contributed by atoms with van der Waals surface area (Å²) in [5.74, 6) is -0.430. The smallest absolute Gasteiger partial charge is 0.309 e. The third kappa shape index (κ3) is 1.48. The lowest BCUT2D eigenvalue weighted by Crippen LogP contribution is -2.45. The number of aliphatic hydroxyl groups is 1. The Labute approximate surface area is 99.7 Å². The van der Waals surface area contributed by atoms with Gasteiger partial charge < -0.3 is 14.7 Å². The molecule has 3 heterocycles. The van der Waals surface area contributed by atoms with Crippen LogP contribution in [0.5, 0.6) is 0 Å². The van der Waals surface area contributed by atoms with Crippen LogP contribution in [-0.4, -0.2) is 46.7 Å². The summed E-state index contributed by atoms with van der Waals surface area (Å²) in [6.07, 6.45) is 1.07. The van der Waals surface area contributed by atoms with Crippen LogP contribution in [0.1, 0.15) is 26.2 Å². The zero-order valence-electron chi connectivity index (χ0n) is 9.83. The van der Waals surface area contributed by atoms with Crippen molar-refractivity contribution >= 4 is 11.9 Å². The maximum Gasteiger partial charge on any atom is 0.309 e. The molecule has 0 bridgehead atoms. The van der Waals surface area contributed by atoms with Crippen molar-refractivity contribution in [2.75, 3.05) is 6.54 Å². The highest BCUT2D eigenvalue weighted by atomic mass is 16.6. The lowest BCUT2D eigenvalue weighted by atomic mass is 9.82. The van der Waals surface area contributed by atoms with Crippen molar-refractivity contribution in [3.63, 3.8) is 0 Å². The zero-order chi connectivity index (χ0) is 12.2. The van der Waals surface area contributed by atoms with Crippen molar-refractivity contribution in [1.82, 2.24) is 4.90 Å². The Balaban J connectivity index is 1.96. The van der Waals surface area contributed by atoms with Crippen LogP contribution >= 0.6 is 0 Å². The van der Waals surface area contributed by atoms with Crippen LogP contribution in [0.25, 0.3) is 0 Å². The summed E-state index contributed by atoms with van der Waals surface area (Å²) in [6, 6.07) is -0.226. The van der Waals surface area contributed by atoms with E-state index in [9.17, 15) is 14.7 Å². The minimum Gasteiger partial charge on any atom is -0.462 e. The van der Waals surface area contributed by atoms with E-state index < -0.39 is 6.10 Å². The normalized spacial score (nSPS) is 45.3. The second-order valence-corrected chi connectivity index (χ2v) is 5.33. The first-order valence-corrected chi connectivity index (χ1v) is 6.27. The second-order valence-electron chi connectivity index (χ2n) is 5.33. The molecule has 0 unspecified atom stereocenters. The topological polar surface area (TPSA) is 66.8 Å². The van der Waals surface area contributed by atoms with Gasteiger partial charge in [0.25, 0.3) is 0 Å². The molecular formula is C12H17NO4. The first kappa shape index (κ1) is 11.0. The standard InChI is InChI=1S/C12H17NO4/c1-6-10-8(17-12(6)16)3-2-4-13-9(15)5-7(14)11(10)13/h6-8,10-11,14H,2-5H2,1H3/t6-,7+,8+,10-,11-/m1/s1. The zero-order valence-corrected chi connectivity index (χ0v) is 9.83. The van der Waals surface area contributed by atoms with E-state index in [1.54, 1.807) is 4.90 Å². The van der Waals surface area contributed by atoms with E-state index in [4.69, 9.17) is 4.74 Å². The lowest BCUT2D eigenvalue weighted by Gasteiger charge is -2.31. The minimum absolute atomic E-state index is 0.00898. The number of esters is 1. The van der Waals surface area contributed by atoms with Gasteiger partial charge in [-0.1, -0.05) is 6.92 Å². The van der Waals surface area contributed by atoms with Crippen molar-refractivity contribution in [3.05, 3.63) is 0 Å². The predicted octanol–water partition coefficient (Wildman–Crippen LogP) is -0.0803. The quantitative estimate of drug-likeness (QED) is 0.600. The molecule has 5 atom stereocenters. The van der Waals surface area contributed by atoms with Gasteiger partial charge in [0.05, 0.1) is 24.5 Å². The fourth-order valence-electron chi connectivity index (χ4n) is 3.57. The predicted molar refractivity (Wildman–Crippen MR) is 57.9 cm³/mol. The summed E-state index contributed by atoms with van der Waals surface area (Å²) in [4.78, 5) is 25.2. The van der Waals surface area contributed by atoms with Gasteiger partial charge in [-0.25, -0.2) is 0 Å². The number of fused-ring (bicyclic) bond motifs is 3. The third-order valence-corrected chi connectivity index (χ3v) is 4.39. The Morgan fingerprint density at radius 1 is 1.41 bits per heavy atom. The lowest BCUT2D eigenvalue weighted by molar-refractivity contribution is -0.144. The molecule has 3 saturated heterocycles. The molecule has 3 aliphatic heterocycles. The summed E-state index contributed by atoms with van der Waals surface area (Å²) in [5, 5.41) is 10.0. The molecule has 17 heavy (non-hydrogen) atoms. The molecule has 0 radical (unpaired) electrons. The molecule has 0 saturated carbocycles. The van der Waals surface area contributed by atoms with E-state index in [-0.39, 0.29) is 42.3 Å². The molecule has 0 aliphatic carbocycles. The Kier molecular flexibility index (Phi) is 2.40. The fraction of sp³-hybridized carbons (Fsp3) is 0.833. The minimum atomic E-state index is -0.648. The summed E-state index contributed by atoms with van der Waals surface area (Å²) in [7, 11) is 0. The molecule has 1 amide bonds. The van der Waals surface area contributed by atoms with Gasteiger partial charge in [0.2, 0.25) is 5.91 Å². The summed E-state index contributed by atoms with van der Waals surface area (Å²) < 4.78 is 5.36. The van der Waals surface area contributed by atoms with Gasteiger partial charge in [-0.15, -0.1) is 0 Å². The molecular weight excluding hydrogens is 222 g/mol. The van der Waals surface area contributed by atoms with E-state index in [1.165, 1.54) is 0 Å². The number of amides is 1. The number of carbonyl (C=O) groups is 2. The number of aliphatic hydroxyl groups excluding tert-OH is 1. The van der Waals surface area contributed by atoms with Gasteiger partial charge in [-0.3, -0.25) is 9.59 Å². The van der Waals surface area contributed by atoms with E-state index >= 15 is 0 Å². The molecule has 0 aromatic rings. The van der Waals surface area contributed by atoms with Gasteiger partial charge in [0, 0.05) is 12.5 Å². The van der Waals surface area contributed by atoms with Crippen molar-refractivity contribution < 1.29 is 19.4 Å². The van der Waals surface area contributed by atoms with Crippen molar-refractivity contribution in [2.24, 2.45) is 11.8 Å². The number of rotatable bonds is 0. The number of ether oxygens (including phenoxy) is 1. The second kappa shape index (κ2) is 3.70. The van der Waals surface area contributed by atoms with Crippen LogP contribution in [0.3, 0.4) is 0 Å². The summed E-state index contributed by atoms with van der Waals surface area (Å²) in [6.45, 7) is 2.52. The molecule has 94 valence electrons. The molecule has 3 aliphatic rings. The van der Waals surface area contributed by atoms with E-state index in [1.807, 2.05) is 6.92 Å². The van der Waals surface area contributed by atoms with Crippen molar-refractivity contribution in [3.8, 4) is 0 Å². The Morgan fingerprint density at radius 2 is 2.18 bits per heavy atom. The molecule has 5 heteroatoms. The van der Waals surface area contributed by atoms with E-state index in [2.05, 4.69) is 0 Å². The highest BCUT2D eigenvalue weighted by Crippen LogP contribution is 2.41. The fourth-order valence-corrected chi connectivity index (χ4v) is 3.57. The summed E-state index contributed by atoms with van der Waals surface area (Å²) in [5.41, 5.74) is 0. The monoisotopic (exact) mass is 239 g/mol. The van der Waals surface area contributed by atoms with Crippen LogP contribution in [0.15, 0.2) is 0 Å². The maximum atomic E-state index is 11.8. The van der Waals surface area contributed by atoms with Crippen LogP contribution in [0.4, 0.5) is 0 Å². The summed E-state index contributed by atoms with van der Waals surface area (Å²) >= 11 is 0. The Morgan fingerprint density at radius 3 is 2.94 bits per heavy atom. The van der Waals surface area contributed by atoms with E-state index in [0.29, 0.717) is 6.54 Å². The van der Waals surface area contributed by atoms with Gasteiger partial charge in [-0.2, -0.15) is 0 Å². The molecule has 3 fully saturated rings. The third-order valence-electron chi connectivity index (χ3n) is 4.39. The van der Waals surface area contributed by atoms with Crippen molar-refractivity contribution in [2.45, 2.75) is 44.4 Å². The largest absolute Gasteiger partial charge is 0.462 e. The Hall–Kier alpha value is -1.10. The maximum absolute atomic E-state index is 11.8. The molecule has 1 N–H and O–H groups in total. The average molecular weight is 239 g/mol. The number of nitrogens with zero attached hydrogens (tertiary/aromatic N) is 1. The molecule has 0 aromatic carbocycles. The average Bonchev–Trinajstić information content (AvgIpc) is 2.62.